The maximum Gasteiger partial charge on any atom is 0.119 e. The number of hydrogen-bond acceptors (Lipinski definition) is 3. The largest absolute Gasteiger partial charge is 0.245 e. The maximum absolute atomic E-state index is 9.13. The molecule has 2 nitrogen and oxygen atoms in total. The molecule has 0 atom stereocenters. The molecule has 2 aromatic rings. The predicted molar refractivity (Wildman–Crippen MR) is 83.0 cm³/mol. The predicted octanol–water partition coefficient (Wildman–Crippen LogP) is 4.71. The molecule has 1 aromatic carbocycles. The van der Waals surface area contributed by atoms with Gasteiger partial charge in [0.05, 0.1) is 5.56 Å². The molecule has 0 aliphatic rings. The van der Waals surface area contributed by atoms with Gasteiger partial charge in [-0.25, -0.2) is 4.98 Å². The summed E-state index contributed by atoms with van der Waals surface area (Å²) < 4.78 is 0. The van der Waals surface area contributed by atoms with E-state index >= 15 is 0 Å². The molecule has 0 N–H and O–H groups in total. The first-order valence-corrected chi connectivity index (χ1v) is 7.38. The van der Waals surface area contributed by atoms with Crippen molar-refractivity contribution in [2.75, 3.05) is 0 Å². The van der Waals surface area contributed by atoms with E-state index in [-0.39, 0.29) is 5.41 Å². The summed E-state index contributed by atoms with van der Waals surface area (Å²) in [6.45, 7) is 8.54. The second-order valence-electron chi connectivity index (χ2n) is 5.79. The van der Waals surface area contributed by atoms with Crippen molar-refractivity contribution in [1.82, 2.24) is 4.98 Å². The lowest BCUT2D eigenvalue weighted by Crippen LogP contribution is -2.10. The third-order valence-corrected chi connectivity index (χ3v) is 4.07. The van der Waals surface area contributed by atoms with Gasteiger partial charge in [-0.2, -0.15) is 5.26 Å². The number of benzene rings is 1. The highest BCUT2D eigenvalue weighted by atomic mass is 32.2. The summed E-state index contributed by atoms with van der Waals surface area (Å²) in [6.07, 6.45) is 0. The van der Waals surface area contributed by atoms with Gasteiger partial charge in [-0.15, -0.1) is 0 Å². The molecule has 0 aliphatic carbocycles. The van der Waals surface area contributed by atoms with Crippen LogP contribution in [0.3, 0.4) is 0 Å². The van der Waals surface area contributed by atoms with Crippen LogP contribution in [0.25, 0.3) is 0 Å². The Morgan fingerprint density at radius 3 is 2.25 bits per heavy atom. The average Bonchev–Trinajstić information content (AvgIpc) is 2.38. The van der Waals surface area contributed by atoms with Crippen LogP contribution in [-0.4, -0.2) is 4.98 Å². The SMILES string of the molecule is Cc1ccc(C#N)c(Sc2ccc(C(C)(C)C)cc2)n1. The van der Waals surface area contributed by atoms with Crippen molar-refractivity contribution in [3.05, 3.63) is 53.2 Å². The Balaban J connectivity index is 2.27. The quantitative estimate of drug-likeness (QED) is 0.800. The zero-order chi connectivity index (χ0) is 14.8. The van der Waals surface area contributed by atoms with Crippen molar-refractivity contribution in [2.45, 2.75) is 43.0 Å². The minimum absolute atomic E-state index is 0.155. The molecular weight excluding hydrogens is 264 g/mol. The zero-order valence-electron chi connectivity index (χ0n) is 12.3. The topological polar surface area (TPSA) is 36.7 Å². The monoisotopic (exact) mass is 282 g/mol. The molecule has 0 radical (unpaired) electrons. The van der Waals surface area contributed by atoms with Crippen molar-refractivity contribution in [3.8, 4) is 6.07 Å². The third kappa shape index (κ3) is 3.40. The van der Waals surface area contributed by atoms with E-state index in [2.05, 4.69) is 56.1 Å². The Bertz CT molecular complexity index is 646. The van der Waals surface area contributed by atoms with Crippen molar-refractivity contribution < 1.29 is 0 Å². The van der Waals surface area contributed by atoms with E-state index in [0.29, 0.717) is 5.56 Å². The van der Waals surface area contributed by atoms with E-state index in [9.17, 15) is 0 Å². The molecular formula is C17H18N2S. The van der Waals surface area contributed by atoms with Crippen LogP contribution in [-0.2, 0) is 5.41 Å². The van der Waals surface area contributed by atoms with Crippen molar-refractivity contribution in [3.63, 3.8) is 0 Å². The van der Waals surface area contributed by atoms with Crippen LogP contribution in [0.15, 0.2) is 46.3 Å². The molecule has 1 heterocycles. The molecule has 102 valence electrons. The van der Waals surface area contributed by atoms with Crippen molar-refractivity contribution >= 4 is 11.8 Å². The van der Waals surface area contributed by atoms with Gasteiger partial charge >= 0.3 is 0 Å². The Hall–Kier alpha value is -1.79. The summed E-state index contributed by atoms with van der Waals surface area (Å²) in [6, 6.07) is 14.4. The number of hydrogen-bond donors (Lipinski definition) is 0. The first-order chi connectivity index (χ1) is 9.40. The van der Waals surface area contributed by atoms with Crippen molar-refractivity contribution in [2.24, 2.45) is 0 Å². The van der Waals surface area contributed by atoms with Gasteiger partial charge < -0.3 is 0 Å². The summed E-state index contributed by atoms with van der Waals surface area (Å²) >= 11 is 1.54. The van der Waals surface area contributed by atoms with E-state index < -0.39 is 0 Å². The molecule has 3 heteroatoms. The molecule has 0 aliphatic heterocycles. The Morgan fingerprint density at radius 2 is 1.70 bits per heavy atom. The molecule has 0 saturated carbocycles. The van der Waals surface area contributed by atoms with Gasteiger partial charge in [0.1, 0.15) is 11.1 Å². The first-order valence-electron chi connectivity index (χ1n) is 6.56. The molecule has 0 bridgehead atoms. The summed E-state index contributed by atoms with van der Waals surface area (Å²) in [5.74, 6) is 0. The molecule has 1 aromatic heterocycles. The van der Waals surface area contributed by atoms with Crippen LogP contribution in [0, 0.1) is 18.3 Å². The van der Waals surface area contributed by atoms with Gasteiger partial charge in [-0.05, 0) is 42.2 Å². The van der Waals surface area contributed by atoms with Crippen LogP contribution in [0.5, 0.6) is 0 Å². The highest BCUT2D eigenvalue weighted by Gasteiger charge is 2.13. The smallest absolute Gasteiger partial charge is 0.119 e. The second kappa shape index (κ2) is 5.68. The number of pyridine rings is 1. The van der Waals surface area contributed by atoms with Gasteiger partial charge in [0.15, 0.2) is 0 Å². The van der Waals surface area contributed by atoms with E-state index in [0.717, 1.165) is 15.6 Å². The summed E-state index contributed by atoms with van der Waals surface area (Å²) in [4.78, 5) is 5.56. The molecule has 0 amide bonds. The average molecular weight is 282 g/mol. The number of nitriles is 1. The maximum atomic E-state index is 9.13. The van der Waals surface area contributed by atoms with E-state index in [1.165, 1.54) is 17.3 Å². The molecule has 2 rings (SSSR count). The van der Waals surface area contributed by atoms with Gasteiger partial charge in [0, 0.05) is 10.6 Å². The lowest BCUT2D eigenvalue weighted by molar-refractivity contribution is 0.590. The summed E-state index contributed by atoms with van der Waals surface area (Å²) in [5.41, 5.74) is 3.01. The molecule has 20 heavy (non-hydrogen) atoms. The highest BCUT2D eigenvalue weighted by Crippen LogP contribution is 2.31. The van der Waals surface area contributed by atoms with Crippen LogP contribution in [0.2, 0.25) is 0 Å². The van der Waals surface area contributed by atoms with E-state index in [1.54, 1.807) is 0 Å². The summed E-state index contributed by atoms with van der Waals surface area (Å²) in [7, 11) is 0. The Morgan fingerprint density at radius 1 is 1.05 bits per heavy atom. The molecule has 0 fully saturated rings. The van der Waals surface area contributed by atoms with E-state index in [4.69, 9.17) is 5.26 Å². The fourth-order valence-corrected chi connectivity index (χ4v) is 2.74. The van der Waals surface area contributed by atoms with Gasteiger partial charge in [0.2, 0.25) is 0 Å². The third-order valence-electron chi connectivity index (χ3n) is 3.05. The van der Waals surface area contributed by atoms with Crippen LogP contribution >= 0.6 is 11.8 Å². The molecule has 0 spiro atoms. The fraction of sp³-hybridized carbons (Fsp3) is 0.294. The van der Waals surface area contributed by atoms with Gasteiger partial charge in [-0.1, -0.05) is 44.7 Å². The fourth-order valence-electron chi connectivity index (χ4n) is 1.83. The minimum atomic E-state index is 0.155. The number of nitrogens with zero attached hydrogens (tertiary/aromatic N) is 2. The van der Waals surface area contributed by atoms with Crippen LogP contribution in [0.1, 0.15) is 37.6 Å². The van der Waals surface area contributed by atoms with E-state index in [1.807, 2.05) is 19.1 Å². The van der Waals surface area contributed by atoms with Crippen LogP contribution in [0.4, 0.5) is 0 Å². The number of rotatable bonds is 2. The standard InChI is InChI=1S/C17H18N2S/c1-12-5-6-13(11-18)16(19-12)20-15-9-7-14(8-10-15)17(2,3)4/h5-10H,1-4H3. The lowest BCUT2D eigenvalue weighted by Gasteiger charge is -2.19. The number of aryl methyl sites for hydroxylation is 1. The van der Waals surface area contributed by atoms with Crippen LogP contribution < -0.4 is 0 Å². The van der Waals surface area contributed by atoms with Crippen molar-refractivity contribution in [1.29, 1.82) is 5.26 Å². The minimum Gasteiger partial charge on any atom is -0.245 e. The normalized spacial score (nSPS) is 11.2. The zero-order valence-corrected chi connectivity index (χ0v) is 13.1. The lowest BCUT2D eigenvalue weighted by atomic mass is 9.87. The Kier molecular flexibility index (Phi) is 4.15. The van der Waals surface area contributed by atoms with Gasteiger partial charge in [0.25, 0.3) is 0 Å². The Labute approximate surface area is 124 Å². The first kappa shape index (κ1) is 14.6. The van der Waals surface area contributed by atoms with Gasteiger partial charge in [-0.3, -0.25) is 0 Å². The highest BCUT2D eigenvalue weighted by molar-refractivity contribution is 7.99. The summed E-state index contributed by atoms with van der Waals surface area (Å²) in [5, 5.41) is 9.91. The number of aromatic nitrogens is 1. The molecule has 0 saturated heterocycles. The molecule has 0 unspecified atom stereocenters. The second-order valence-corrected chi connectivity index (χ2v) is 6.86.